The zero-order valence-corrected chi connectivity index (χ0v) is 8.26. The number of rotatable bonds is 2. The molecule has 0 spiro atoms. The third kappa shape index (κ3) is 1.76. The van der Waals surface area contributed by atoms with Gasteiger partial charge in [0.25, 0.3) is 0 Å². The zero-order valence-electron chi connectivity index (χ0n) is 8.26. The van der Waals surface area contributed by atoms with E-state index in [1.54, 1.807) is 11.7 Å². The molecule has 0 aliphatic carbocycles. The van der Waals surface area contributed by atoms with Gasteiger partial charge in [-0.25, -0.2) is 4.68 Å². The van der Waals surface area contributed by atoms with Crippen molar-refractivity contribution in [2.45, 2.75) is 31.4 Å². The number of aromatic nitrogens is 4. The summed E-state index contributed by atoms with van der Waals surface area (Å²) in [5.74, 6) is 0.692. The SMILES string of the molecule is Cn1nnnc1C(N)C1CCCCO1. The van der Waals surface area contributed by atoms with E-state index in [1.807, 2.05) is 0 Å². The predicted octanol–water partition coefficient (Wildman–Crippen LogP) is -0.221. The molecule has 6 nitrogen and oxygen atoms in total. The molecular weight excluding hydrogens is 182 g/mol. The van der Waals surface area contributed by atoms with Crippen molar-refractivity contribution in [1.82, 2.24) is 20.2 Å². The lowest BCUT2D eigenvalue weighted by atomic mass is 10.0. The lowest BCUT2D eigenvalue weighted by Gasteiger charge is -2.26. The topological polar surface area (TPSA) is 78.9 Å². The Morgan fingerprint density at radius 2 is 2.43 bits per heavy atom. The standard InChI is InChI=1S/C8H15N5O/c1-13-8(10-11-12-13)7(9)6-4-2-3-5-14-6/h6-7H,2-5,9H2,1H3. The van der Waals surface area contributed by atoms with Crippen molar-refractivity contribution in [3.8, 4) is 0 Å². The van der Waals surface area contributed by atoms with Crippen molar-refractivity contribution >= 4 is 0 Å². The van der Waals surface area contributed by atoms with Crippen LogP contribution in [-0.2, 0) is 11.8 Å². The van der Waals surface area contributed by atoms with Gasteiger partial charge in [0.05, 0.1) is 12.1 Å². The van der Waals surface area contributed by atoms with Gasteiger partial charge in [0.2, 0.25) is 0 Å². The van der Waals surface area contributed by atoms with E-state index in [-0.39, 0.29) is 12.1 Å². The third-order valence-electron chi connectivity index (χ3n) is 2.57. The molecule has 78 valence electrons. The van der Waals surface area contributed by atoms with E-state index in [1.165, 1.54) is 6.42 Å². The van der Waals surface area contributed by atoms with Crippen LogP contribution in [0.2, 0.25) is 0 Å². The van der Waals surface area contributed by atoms with Crippen molar-refractivity contribution in [2.24, 2.45) is 12.8 Å². The summed E-state index contributed by atoms with van der Waals surface area (Å²) in [5, 5.41) is 11.2. The first-order chi connectivity index (χ1) is 6.79. The summed E-state index contributed by atoms with van der Waals surface area (Å²) in [7, 11) is 1.79. The lowest BCUT2D eigenvalue weighted by Crippen LogP contribution is -2.33. The first kappa shape index (κ1) is 9.54. The van der Waals surface area contributed by atoms with Crippen LogP contribution in [0.5, 0.6) is 0 Å². The minimum absolute atomic E-state index is 0.0634. The Bertz CT molecular complexity index is 294. The fraction of sp³-hybridized carbons (Fsp3) is 0.875. The summed E-state index contributed by atoms with van der Waals surface area (Å²) in [6.07, 6.45) is 3.35. The molecule has 2 rings (SSSR count). The molecule has 1 fully saturated rings. The molecule has 2 heterocycles. The molecule has 1 aromatic heterocycles. The Kier molecular flexibility index (Phi) is 2.74. The number of ether oxygens (including phenoxy) is 1. The van der Waals surface area contributed by atoms with E-state index in [4.69, 9.17) is 10.5 Å². The molecule has 0 aromatic carbocycles. The Labute approximate surface area is 82.4 Å². The fourth-order valence-electron chi connectivity index (χ4n) is 1.73. The van der Waals surface area contributed by atoms with Crippen LogP contribution in [0.1, 0.15) is 31.1 Å². The predicted molar refractivity (Wildman–Crippen MR) is 49.3 cm³/mol. The number of tetrazole rings is 1. The maximum absolute atomic E-state index is 6.03. The van der Waals surface area contributed by atoms with Crippen LogP contribution < -0.4 is 5.73 Å². The summed E-state index contributed by atoms with van der Waals surface area (Å²) in [5.41, 5.74) is 6.03. The van der Waals surface area contributed by atoms with Crippen molar-refractivity contribution in [3.05, 3.63) is 5.82 Å². The quantitative estimate of drug-likeness (QED) is 0.709. The Morgan fingerprint density at radius 1 is 1.57 bits per heavy atom. The van der Waals surface area contributed by atoms with Crippen molar-refractivity contribution in [3.63, 3.8) is 0 Å². The average molecular weight is 197 g/mol. The molecule has 0 saturated carbocycles. The van der Waals surface area contributed by atoms with Gasteiger partial charge in [0, 0.05) is 13.7 Å². The summed E-state index contributed by atoms with van der Waals surface area (Å²) in [4.78, 5) is 0. The molecule has 1 aliphatic rings. The first-order valence-electron chi connectivity index (χ1n) is 4.88. The molecule has 6 heteroatoms. The minimum Gasteiger partial charge on any atom is -0.376 e. The van der Waals surface area contributed by atoms with Crippen molar-refractivity contribution in [2.75, 3.05) is 6.61 Å². The fourth-order valence-corrected chi connectivity index (χ4v) is 1.73. The van der Waals surface area contributed by atoms with Gasteiger partial charge < -0.3 is 10.5 Å². The van der Waals surface area contributed by atoms with Crippen LogP contribution in [-0.4, -0.2) is 32.9 Å². The maximum Gasteiger partial charge on any atom is 0.170 e. The highest BCUT2D eigenvalue weighted by Gasteiger charge is 2.26. The smallest absolute Gasteiger partial charge is 0.170 e. The van der Waals surface area contributed by atoms with Gasteiger partial charge in [-0.1, -0.05) is 0 Å². The van der Waals surface area contributed by atoms with Gasteiger partial charge in [-0.2, -0.15) is 0 Å². The highest BCUT2D eigenvalue weighted by atomic mass is 16.5. The monoisotopic (exact) mass is 197 g/mol. The van der Waals surface area contributed by atoms with Crippen molar-refractivity contribution in [1.29, 1.82) is 0 Å². The lowest BCUT2D eigenvalue weighted by molar-refractivity contribution is -0.00229. The second kappa shape index (κ2) is 4.02. The largest absolute Gasteiger partial charge is 0.376 e. The summed E-state index contributed by atoms with van der Waals surface area (Å²) in [6.45, 7) is 0.795. The van der Waals surface area contributed by atoms with Crippen LogP contribution >= 0.6 is 0 Å². The molecule has 1 saturated heterocycles. The van der Waals surface area contributed by atoms with Gasteiger partial charge in [0.1, 0.15) is 0 Å². The Balaban J connectivity index is 2.07. The van der Waals surface area contributed by atoms with E-state index in [2.05, 4.69) is 15.5 Å². The molecule has 1 aliphatic heterocycles. The molecular formula is C8H15N5O. The molecule has 1 aromatic rings. The van der Waals surface area contributed by atoms with E-state index < -0.39 is 0 Å². The molecule has 2 N–H and O–H groups in total. The Hall–Kier alpha value is -1.01. The summed E-state index contributed by atoms with van der Waals surface area (Å²) < 4.78 is 7.18. The van der Waals surface area contributed by atoms with E-state index >= 15 is 0 Å². The Morgan fingerprint density at radius 3 is 3.00 bits per heavy atom. The van der Waals surface area contributed by atoms with Gasteiger partial charge in [-0.15, -0.1) is 5.10 Å². The molecule has 14 heavy (non-hydrogen) atoms. The zero-order chi connectivity index (χ0) is 9.97. The highest BCUT2D eigenvalue weighted by Crippen LogP contribution is 2.22. The molecule has 0 bridgehead atoms. The molecule has 2 unspecified atom stereocenters. The number of aryl methyl sites for hydroxylation is 1. The van der Waals surface area contributed by atoms with Crippen LogP contribution in [0.25, 0.3) is 0 Å². The average Bonchev–Trinajstić information content (AvgIpc) is 2.65. The van der Waals surface area contributed by atoms with Crippen LogP contribution in [0, 0.1) is 0 Å². The maximum atomic E-state index is 6.03. The second-order valence-corrected chi connectivity index (χ2v) is 3.59. The normalized spacial score (nSPS) is 24.9. The minimum atomic E-state index is -0.213. The summed E-state index contributed by atoms with van der Waals surface area (Å²) >= 11 is 0. The van der Waals surface area contributed by atoms with E-state index in [0.717, 1.165) is 19.4 Å². The van der Waals surface area contributed by atoms with E-state index in [9.17, 15) is 0 Å². The molecule has 0 amide bonds. The number of hydrogen-bond acceptors (Lipinski definition) is 5. The van der Waals surface area contributed by atoms with Crippen LogP contribution in [0.3, 0.4) is 0 Å². The molecule has 2 atom stereocenters. The number of nitrogens with zero attached hydrogens (tertiary/aromatic N) is 4. The molecule has 0 radical (unpaired) electrons. The van der Waals surface area contributed by atoms with E-state index in [0.29, 0.717) is 5.82 Å². The van der Waals surface area contributed by atoms with Gasteiger partial charge in [0.15, 0.2) is 5.82 Å². The highest BCUT2D eigenvalue weighted by molar-refractivity contribution is 4.94. The second-order valence-electron chi connectivity index (χ2n) is 3.59. The van der Waals surface area contributed by atoms with Gasteiger partial charge >= 0.3 is 0 Å². The van der Waals surface area contributed by atoms with Gasteiger partial charge in [-0.3, -0.25) is 0 Å². The van der Waals surface area contributed by atoms with Gasteiger partial charge in [-0.05, 0) is 29.7 Å². The first-order valence-corrected chi connectivity index (χ1v) is 4.88. The van der Waals surface area contributed by atoms with Crippen molar-refractivity contribution < 1.29 is 4.74 Å². The van der Waals surface area contributed by atoms with Crippen LogP contribution in [0.4, 0.5) is 0 Å². The third-order valence-corrected chi connectivity index (χ3v) is 2.57. The number of nitrogens with two attached hydrogens (primary N) is 1. The van der Waals surface area contributed by atoms with Crippen LogP contribution in [0.15, 0.2) is 0 Å². The summed E-state index contributed by atoms with van der Waals surface area (Å²) in [6, 6.07) is -0.213. The number of hydrogen-bond donors (Lipinski definition) is 1.